The number of nitrogens with one attached hydrogen (secondary N) is 1. The van der Waals surface area contributed by atoms with Gasteiger partial charge in [-0.2, -0.15) is 0 Å². The molecule has 5 nitrogen and oxygen atoms in total. The molecule has 1 aliphatic heterocycles. The summed E-state index contributed by atoms with van der Waals surface area (Å²) in [6, 6.07) is 10.2. The molecule has 0 unspecified atom stereocenters. The predicted octanol–water partition coefficient (Wildman–Crippen LogP) is 3.04. The Balaban J connectivity index is 1.56. The van der Waals surface area contributed by atoms with Crippen LogP contribution >= 0.6 is 11.8 Å². The van der Waals surface area contributed by atoms with E-state index in [1.54, 1.807) is 18.0 Å². The third-order valence-corrected chi connectivity index (χ3v) is 5.23. The van der Waals surface area contributed by atoms with E-state index in [1.165, 1.54) is 4.90 Å². The zero-order valence-electron chi connectivity index (χ0n) is 14.7. The number of hydrogen-bond donors (Lipinski definition) is 1. The Morgan fingerprint density at radius 2 is 2.12 bits per heavy atom. The van der Waals surface area contributed by atoms with Crippen molar-refractivity contribution in [2.24, 2.45) is 5.92 Å². The fourth-order valence-corrected chi connectivity index (χ4v) is 3.45. The molecular formula is C19H24N4OS. The van der Waals surface area contributed by atoms with Crippen molar-refractivity contribution in [3.05, 3.63) is 47.8 Å². The molecule has 1 saturated heterocycles. The number of aromatic nitrogens is 2. The van der Waals surface area contributed by atoms with Gasteiger partial charge >= 0.3 is 0 Å². The van der Waals surface area contributed by atoms with Crippen LogP contribution in [0.4, 0.5) is 5.95 Å². The highest BCUT2D eigenvalue weighted by atomic mass is 32.2. The Kier molecular flexibility index (Phi) is 5.91. The predicted molar refractivity (Wildman–Crippen MR) is 102 cm³/mol. The molecular weight excluding hydrogens is 332 g/mol. The number of benzene rings is 1. The van der Waals surface area contributed by atoms with Crippen LogP contribution in [0.25, 0.3) is 0 Å². The summed E-state index contributed by atoms with van der Waals surface area (Å²) in [5, 5.41) is 3.08. The molecule has 0 bridgehead atoms. The van der Waals surface area contributed by atoms with Gasteiger partial charge in [-0.1, -0.05) is 12.1 Å². The first kappa shape index (κ1) is 17.7. The van der Waals surface area contributed by atoms with Crippen molar-refractivity contribution in [3.63, 3.8) is 0 Å². The Labute approximate surface area is 153 Å². The molecule has 1 aromatic heterocycles. The number of aryl methyl sites for hydroxylation is 1. The van der Waals surface area contributed by atoms with Gasteiger partial charge in [0.25, 0.3) is 0 Å². The van der Waals surface area contributed by atoms with Crippen LogP contribution in [-0.2, 0) is 11.3 Å². The van der Waals surface area contributed by atoms with Gasteiger partial charge in [0.1, 0.15) is 0 Å². The van der Waals surface area contributed by atoms with Crippen molar-refractivity contribution in [3.8, 4) is 0 Å². The molecule has 1 aromatic carbocycles. The van der Waals surface area contributed by atoms with E-state index in [-0.39, 0.29) is 11.8 Å². The van der Waals surface area contributed by atoms with Crippen LogP contribution in [0.1, 0.15) is 24.1 Å². The van der Waals surface area contributed by atoms with Gasteiger partial charge in [-0.05, 0) is 49.8 Å². The summed E-state index contributed by atoms with van der Waals surface area (Å²) in [7, 11) is 0. The standard InChI is InChI=1S/C19H24N4OS/c1-14-9-10-20-19(22-14)23-11-3-4-16(13-23)18(24)21-12-15-5-7-17(25-2)8-6-15/h5-10,16H,3-4,11-13H2,1-2H3,(H,21,24)/t16-/m1/s1. The van der Waals surface area contributed by atoms with Crippen molar-refractivity contribution in [1.29, 1.82) is 0 Å². The third kappa shape index (κ3) is 4.72. The first-order valence-corrected chi connectivity index (χ1v) is 9.83. The maximum absolute atomic E-state index is 12.6. The van der Waals surface area contributed by atoms with E-state index in [0.717, 1.165) is 36.6 Å². The maximum atomic E-state index is 12.6. The lowest BCUT2D eigenvalue weighted by atomic mass is 9.97. The molecule has 1 atom stereocenters. The lowest BCUT2D eigenvalue weighted by Gasteiger charge is -2.32. The van der Waals surface area contributed by atoms with E-state index in [1.807, 2.05) is 13.0 Å². The summed E-state index contributed by atoms with van der Waals surface area (Å²) in [5.41, 5.74) is 2.08. The van der Waals surface area contributed by atoms with Crippen molar-refractivity contribution >= 4 is 23.6 Å². The number of rotatable bonds is 5. The fourth-order valence-electron chi connectivity index (χ4n) is 3.04. The molecule has 1 fully saturated rings. The van der Waals surface area contributed by atoms with Gasteiger partial charge in [0.05, 0.1) is 5.92 Å². The molecule has 3 rings (SSSR count). The van der Waals surface area contributed by atoms with Crippen LogP contribution in [0.2, 0.25) is 0 Å². The quantitative estimate of drug-likeness (QED) is 0.835. The van der Waals surface area contributed by atoms with Crippen LogP contribution in [0.15, 0.2) is 41.4 Å². The molecule has 132 valence electrons. The zero-order valence-corrected chi connectivity index (χ0v) is 15.6. The minimum absolute atomic E-state index is 0.0108. The molecule has 2 heterocycles. The van der Waals surface area contributed by atoms with Crippen LogP contribution < -0.4 is 10.2 Å². The van der Waals surface area contributed by atoms with Crippen LogP contribution in [0.3, 0.4) is 0 Å². The largest absolute Gasteiger partial charge is 0.352 e. The second-order valence-corrected chi connectivity index (χ2v) is 7.23. The maximum Gasteiger partial charge on any atom is 0.225 e. The average molecular weight is 356 g/mol. The first-order valence-electron chi connectivity index (χ1n) is 8.61. The molecule has 0 spiro atoms. The lowest BCUT2D eigenvalue weighted by molar-refractivity contribution is -0.125. The summed E-state index contributed by atoms with van der Waals surface area (Å²) in [6.45, 7) is 4.12. The van der Waals surface area contributed by atoms with Gasteiger partial charge in [-0.15, -0.1) is 11.8 Å². The summed E-state index contributed by atoms with van der Waals surface area (Å²) in [6.07, 6.45) is 5.74. The Hall–Kier alpha value is -2.08. The molecule has 1 N–H and O–H groups in total. The molecule has 6 heteroatoms. The van der Waals surface area contributed by atoms with E-state index in [4.69, 9.17) is 0 Å². The summed E-state index contributed by atoms with van der Waals surface area (Å²) < 4.78 is 0. The number of anilines is 1. The minimum atomic E-state index is -0.0108. The highest BCUT2D eigenvalue weighted by Gasteiger charge is 2.26. The van der Waals surface area contributed by atoms with Crippen molar-refractivity contribution in [2.75, 3.05) is 24.2 Å². The van der Waals surface area contributed by atoms with Gasteiger partial charge in [-0.3, -0.25) is 4.79 Å². The third-order valence-electron chi connectivity index (χ3n) is 4.48. The SMILES string of the molecule is CSc1ccc(CNC(=O)[C@@H]2CCCN(c3nccc(C)n3)C2)cc1. The topological polar surface area (TPSA) is 58.1 Å². The lowest BCUT2D eigenvalue weighted by Crippen LogP contribution is -2.43. The zero-order chi connectivity index (χ0) is 17.6. The smallest absolute Gasteiger partial charge is 0.225 e. The van der Waals surface area contributed by atoms with Crippen LogP contribution in [0.5, 0.6) is 0 Å². The van der Waals surface area contributed by atoms with Gasteiger partial charge in [0.15, 0.2) is 0 Å². The molecule has 1 aliphatic rings. The molecule has 0 aliphatic carbocycles. The number of hydrogen-bond acceptors (Lipinski definition) is 5. The Morgan fingerprint density at radius 3 is 2.84 bits per heavy atom. The van der Waals surface area contributed by atoms with Crippen molar-refractivity contribution in [2.45, 2.75) is 31.2 Å². The average Bonchev–Trinajstić information content (AvgIpc) is 2.66. The monoisotopic (exact) mass is 356 g/mol. The molecule has 2 aromatic rings. The van der Waals surface area contributed by atoms with Gasteiger partial charge in [0, 0.05) is 36.4 Å². The van der Waals surface area contributed by atoms with Gasteiger partial charge in [0.2, 0.25) is 11.9 Å². The molecule has 25 heavy (non-hydrogen) atoms. The van der Waals surface area contributed by atoms with E-state index in [0.29, 0.717) is 13.1 Å². The summed E-state index contributed by atoms with van der Waals surface area (Å²) >= 11 is 1.72. The number of nitrogens with zero attached hydrogens (tertiary/aromatic N) is 3. The van der Waals surface area contributed by atoms with E-state index in [2.05, 4.69) is 50.7 Å². The van der Waals surface area contributed by atoms with Crippen LogP contribution in [-0.4, -0.2) is 35.2 Å². The Bertz CT molecular complexity index is 720. The second-order valence-electron chi connectivity index (χ2n) is 6.35. The summed E-state index contributed by atoms with van der Waals surface area (Å²) in [5.74, 6) is 0.833. The van der Waals surface area contributed by atoms with Gasteiger partial charge < -0.3 is 10.2 Å². The molecule has 0 radical (unpaired) electrons. The van der Waals surface area contributed by atoms with E-state index < -0.39 is 0 Å². The number of carbonyl (C=O) groups excluding carboxylic acids is 1. The summed E-state index contributed by atoms with van der Waals surface area (Å²) in [4.78, 5) is 24.7. The van der Waals surface area contributed by atoms with Crippen LogP contribution in [0, 0.1) is 12.8 Å². The second kappa shape index (κ2) is 8.34. The van der Waals surface area contributed by atoms with Crippen molar-refractivity contribution < 1.29 is 4.79 Å². The molecule has 0 saturated carbocycles. The van der Waals surface area contributed by atoms with E-state index >= 15 is 0 Å². The normalized spacial score (nSPS) is 17.4. The highest BCUT2D eigenvalue weighted by Crippen LogP contribution is 2.21. The van der Waals surface area contributed by atoms with Gasteiger partial charge in [-0.25, -0.2) is 9.97 Å². The highest BCUT2D eigenvalue weighted by molar-refractivity contribution is 7.98. The number of thioether (sulfide) groups is 1. The number of amides is 1. The Morgan fingerprint density at radius 1 is 1.32 bits per heavy atom. The first-order chi connectivity index (χ1) is 12.2. The fraction of sp³-hybridized carbons (Fsp3) is 0.421. The minimum Gasteiger partial charge on any atom is -0.352 e. The van der Waals surface area contributed by atoms with E-state index in [9.17, 15) is 4.79 Å². The van der Waals surface area contributed by atoms with Crippen molar-refractivity contribution in [1.82, 2.24) is 15.3 Å². The molecule has 1 amide bonds. The number of carbonyl (C=O) groups is 1. The number of piperidine rings is 1.